The Kier molecular flexibility index (Phi) is 5.76. The first-order chi connectivity index (χ1) is 12.5. The molecule has 26 heavy (non-hydrogen) atoms. The van der Waals surface area contributed by atoms with Crippen LogP contribution in [0.2, 0.25) is 0 Å². The minimum Gasteiger partial charge on any atom is -0.497 e. The number of carbonyl (C=O) groups is 1. The van der Waals surface area contributed by atoms with Crippen molar-refractivity contribution in [1.29, 1.82) is 0 Å². The predicted octanol–water partition coefficient (Wildman–Crippen LogP) is 3.48. The number of hydrogen-bond acceptors (Lipinski definition) is 4. The molecule has 0 unspecified atom stereocenters. The highest BCUT2D eigenvalue weighted by atomic mass is 16.5. The van der Waals surface area contributed by atoms with Gasteiger partial charge in [-0.1, -0.05) is 13.8 Å². The number of methoxy groups -OCH3 is 2. The van der Waals surface area contributed by atoms with Gasteiger partial charge in [0.05, 0.1) is 14.2 Å². The van der Waals surface area contributed by atoms with Crippen molar-refractivity contribution in [3.63, 3.8) is 0 Å². The summed E-state index contributed by atoms with van der Waals surface area (Å²) in [6, 6.07) is 5.74. The summed E-state index contributed by atoms with van der Waals surface area (Å²) < 4.78 is 10.5. The minimum absolute atomic E-state index is 0.0669. The van der Waals surface area contributed by atoms with Gasteiger partial charge in [0.25, 0.3) is 5.91 Å². The van der Waals surface area contributed by atoms with Crippen molar-refractivity contribution in [2.24, 2.45) is 5.92 Å². The third-order valence-corrected chi connectivity index (χ3v) is 5.93. The van der Waals surface area contributed by atoms with E-state index >= 15 is 0 Å². The molecule has 5 heteroatoms. The fraction of sp³-hybridized carbons (Fsp3) is 0.667. The van der Waals surface area contributed by atoms with Gasteiger partial charge in [-0.25, -0.2) is 0 Å². The van der Waals surface area contributed by atoms with Crippen molar-refractivity contribution in [3.05, 3.63) is 23.8 Å². The maximum Gasteiger partial charge on any atom is 0.251 e. The van der Waals surface area contributed by atoms with Crippen molar-refractivity contribution in [2.45, 2.75) is 57.5 Å². The van der Waals surface area contributed by atoms with Crippen LogP contribution in [-0.2, 0) is 0 Å². The summed E-state index contributed by atoms with van der Waals surface area (Å²) in [5, 5.41) is 3.13. The SMILES string of the molecule is COc1cc(OC)cc(C(=O)NC[C@@H]2CC[C@@]3(CC(C)C)CCCN23)c1. The number of benzene rings is 1. The molecule has 2 saturated heterocycles. The molecular weight excluding hydrogens is 328 g/mol. The van der Waals surface area contributed by atoms with E-state index in [4.69, 9.17) is 9.47 Å². The molecule has 2 fully saturated rings. The Labute approximate surface area is 157 Å². The van der Waals surface area contributed by atoms with E-state index in [1.807, 2.05) is 0 Å². The van der Waals surface area contributed by atoms with Crippen LogP contribution in [0.3, 0.4) is 0 Å². The highest BCUT2D eigenvalue weighted by Crippen LogP contribution is 2.45. The Morgan fingerprint density at radius 2 is 1.92 bits per heavy atom. The zero-order chi connectivity index (χ0) is 18.7. The number of amides is 1. The summed E-state index contributed by atoms with van der Waals surface area (Å²) in [6.45, 7) is 6.51. The molecule has 0 radical (unpaired) electrons. The van der Waals surface area contributed by atoms with Gasteiger partial charge in [0, 0.05) is 29.8 Å². The molecule has 1 aromatic rings. The Bertz CT molecular complexity index is 624. The molecule has 3 rings (SSSR count). The monoisotopic (exact) mass is 360 g/mol. The van der Waals surface area contributed by atoms with Crippen LogP contribution in [0.1, 0.15) is 56.3 Å². The van der Waals surface area contributed by atoms with E-state index in [1.54, 1.807) is 32.4 Å². The number of fused-ring (bicyclic) bond motifs is 1. The van der Waals surface area contributed by atoms with E-state index in [2.05, 4.69) is 24.1 Å². The Morgan fingerprint density at radius 1 is 1.23 bits per heavy atom. The number of carbonyl (C=O) groups excluding carboxylic acids is 1. The number of rotatable bonds is 7. The summed E-state index contributed by atoms with van der Waals surface area (Å²) in [4.78, 5) is 15.3. The first-order valence-corrected chi connectivity index (χ1v) is 9.75. The Hall–Kier alpha value is -1.75. The van der Waals surface area contributed by atoms with Crippen LogP contribution in [0.15, 0.2) is 18.2 Å². The minimum atomic E-state index is -0.0669. The zero-order valence-corrected chi connectivity index (χ0v) is 16.5. The summed E-state index contributed by atoms with van der Waals surface area (Å²) in [7, 11) is 3.19. The summed E-state index contributed by atoms with van der Waals surface area (Å²) in [5.74, 6) is 1.91. The van der Waals surface area contributed by atoms with Gasteiger partial charge in [-0.15, -0.1) is 0 Å². The molecule has 2 heterocycles. The van der Waals surface area contributed by atoms with Crippen LogP contribution >= 0.6 is 0 Å². The van der Waals surface area contributed by atoms with E-state index in [0.29, 0.717) is 41.1 Å². The normalized spacial score (nSPS) is 25.3. The van der Waals surface area contributed by atoms with Crippen molar-refractivity contribution in [2.75, 3.05) is 27.3 Å². The lowest BCUT2D eigenvalue weighted by molar-refractivity contribution is 0.0912. The molecule has 2 aliphatic rings. The van der Waals surface area contributed by atoms with Gasteiger partial charge in [-0.3, -0.25) is 9.69 Å². The Morgan fingerprint density at radius 3 is 2.54 bits per heavy atom. The van der Waals surface area contributed by atoms with Crippen molar-refractivity contribution >= 4 is 5.91 Å². The molecule has 2 atom stereocenters. The van der Waals surface area contributed by atoms with E-state index in [1.165, 1.54) is 38.6 Å². The first-order valence-electron chi connectivity index (χ1n) is 9.75. The lowest BCUT2D eigenvalue weighted by Gasteiger charge is -2.36. The lowest BCUT2D eigenvalue weighted by atomic mass is 9.85. The van der Waals surface area contributed by atoms with Crippen LogP contribution in [0.5, 0.6) is 11.5 Å². The van der Waals surface area contributed by atoms with Crippen LogP contribution < -0.4 is 14.8 Å². The zero-order valence-electron chi connectivity index (χ0n) is 16.5. The second kappa shape index (κ2) is 7.87. The van der Waals surface area contributed by atoms with Crippen LogP contribution in [0.4, 0.5) is 0 Å². The molecule has 0 spiro atoms. The standard InChI is InChI=1S/C21H32N2O3/c1-15(2)13-21-7-5-9-23(21)17(6-8-21)14-22-20(24)16-10-18(25-3)12-19(11-16)26-4/h10-12,15,17H,5-9,13-14H2,1-4H3,(H,22,24)/t17-,21+/m0/s1. The van der Waals surface area contributed by atoms with Crippen LogP contribution in [-0.4, -0.2) is 49.7 Å². The number of nitrogens with one attached hydrogen (secondary N) is 1. The third kappa shape index (κ3) is 3.83. The second-order valence-electron chi connectivity index (χ2n) is 8.12. The number of nitrogens with zero attached hydrogens (tertiary/aromatic N) is 1. The second-order valence-corrected chi connectivity index (χ2v) is 8.12. The van der Waals surface area contributed by atoms with Gasteiger partial charge < -0.3 is 14.8 Å². The molecule has 1 amide bonds. The van der Waals surface area contributed by atoms with E-state index in [9.17, 15) is 4.79 Å². The summed E-state index contributed by atoms with van der Waals surface area (Å²) in [5.41, 5.74) is 0.956. The third-order valence-electron chi connectivity index (χ3n) is 5.93. The first kappa shape index (κ1) is 19.0. The molecule has 0 aromatic heterocycles. The molecule has 1 N–H and O–H groups in total. The maximum atomic E-state index is 12.6. The van der Waals surface area contributed by atoms with Gasteiger partial charge in [-0.05, 0) is 56.7 Å². The quantitative estimate of drug-likeness (QED) is 0.809. The molecule has 0 saturated carbocycles. The smallest absolute Gasteiger partial charge is 0.251 e. The predicted molar refractivity (Wildman–Crippen MR) is 103 cm³/mol. The van der Waals surface area contributed by atoms with E-state index in [-0.39, 0.29) is 5.91 Å². The fourth-order valence-electron chi connectivity index (χ4n) is 4.93. The topological polar surface area (TPSA) is 50.8 Å². The van der Waals surface area contributed by atoms with Gasteiger partial charge in [0.2, 0.25) is 0 Å². The molecular formula is C21H32N2O3. The van der Waals surface area contributed by atoms with E-state index in [0.717, 1.165) is 0 Å². The summed E-state index contributed by atoms with van der Waals surface area (Å²) >= 11 is 0. The molecule has 2 aliphatic heterocycles. The van der Waals surface area contributed by atoms with Crippen molar-refractivity contribution in [1.82, 2.24) is 10.2 Å². The molecule has 0 bridgehead atoms. The Balaban J connectivity index is 1.63. The highest BCUT2D eigenvalue weighted by Gasteiger charge is 2.48. The summed E-state index contributed by atoms with van der Waals surface area (Å²) in [6.07, 6.45) is 6.30. The molecule has 144 valence electrons. The van der Waals surface area contributed by atoms with Gasteiger partial charge in [0.1, 0.15) is 11.5 Å². The molecule has 0 aliphatic carbocycles. The van der Waals surface area contributed by atoms with E-state index < -0.39 is 0 Å². The molecule has 1 aromatic carbocycles. The average molecular weight is 360 g/mol. The maximum absolute atomic E-state index is 12.6. The largest absolute Gasteiger partial charge is 0.497 e. The van der Waals surface area contributed by atoms with Gasteiger partial charge in [0.15, 0.2) is 0 Å². The van der Waals surface area contributed by atoms with Crippen LogP contribution in [0, 0.1) is 5.92 Å². The van der Waals surface area contributed by atoms with Gasteiger partial charge >= 0.3 is 0 Å². The van der Waals surface area contributed by atoms with Crippen molar-refractivity contribution in [3.8, 4) is 11.5 Å². The fourth-order valence-corrected chi connectivity index (χ4v) is 4.93. The molecule has 5 nitrogen and oxygen atoms in total. The van der Waals surface area contributed by atoms with Crippen LogP contribution in [0.25, 0.3) is 0 Å². The number of hydrogen-bond donors (Lipinski definition) is 1. The van der Waals surface area contributed by atoms with Gasteiger partial charge in [-0.2, -0.15) is 0 Å². The average Bonchev–Trinajstić information content (AvgIpc) is 3.17. The highest BCUT2D eigenvalue weighted by molar-refractivity contribution is 5.95. The number of ether oxygens (including phenoxy) is 2. The van der Waals surface area contributed by atoms with Crippen molar-refractivity contribution < 1.29 is 14.3 Å². The lowest BCUT2D eigenvalue weighted by Crippen LogP contribution is -2.47.